The van der Waals surface area contributed by atoms with E-state index in [1.165, 1.54) is 6.07 Å². The van der Waals surface area contributed by atoms with Gasteiger partial charge < -0.3 is 18.9 Å². The SMILES string of the molecule is COc1cc(-c2noc(C3CC(=O)N(c4cccc(F)c4C)C3)n2)ccc1OC(C)C. The Labute approximate surface area is 179 Å². The van der Waals surface area contributed by atoms with Crippen LogP contribution in [0.25, 0.3) is 11.4 Å². The number of methoxy groups -OCH3 is 1. The Morgan fingerprint density at radius 1 is 1.23 bits per heavy atom. The molecular weight excluding hydrogens is 401 g/mol. The van der Waals surface area contributed by atoms with Gasteiger partial charge in [0, 0.05) is 29.8 Å². The number of hydrogen-bond acceptors (Lipinski definition) is 6. The van der Waals surface area contributed by atoms with E-state index in [9.17, 15) is 9.18 Å². The summed E-state index contributed by atoms with van der Waals surface area (Å²) in [7, 11) is 1.57. The summed E-state index contributed by atoms with van der Waals surface area (Å²) in [5.41, 5.74) is 1.72. The lowest BCUT2D eigenvalue weighted by atomic mass is 10.1. The number of carbonyl (C=O) groups is 1. The van der Waals surface area contributed by atoms with Gasteiger partial charge in [0.1, 0.15) is 5.82 Å². The molecule has 0 radical (unpaired) electrons. The van der Waals surface area contributed by atoms with Gasteiger partial charge in [-0.15, -0.1) is 0 Å². The van der Waals surface area contributed by atoms with E-state index in [2.05, 4.69) is 10.1 Å². The van der Waals surface area contributed by atoms with Crippen molar-refractivity contribution in [1.29, 1.82) is 0 Å². The first-order chi connectivity index (χ1) is 14.9. The van der Waals surface area contributed by atoms with E-state index in [4.69, 9.17) is 14.0 Å². The largest absolute Gasteiger partial charge is 0.493 e. The summed E-state index contributed by atoms with van der Waals surface area (Å²) in [6.45, 7) is 5.90. The molecule has 4 rings (SSSR count). The molecule has 1 unspecified atom stereocenters. The molecule has 2 heterocycles. The molecule has 1 aliphatic heterocycles. The number of anilines is 1. The number of benzene rings is 2. The van der Waals surface area contributed by atoms with E-state index >= 15 is 0 Å². The van der Waals surface area contributed by atoms with Crippen molar-refractivity contribution in [3.63, 3.8) is 0 Å². The minimum Gasteiger partial charge on any atom is -0.493 e. The van der Waals surface area contributed by atoms with Gasteiger partial charge in [0.15, 0.2) is 11.5 Å². The molecule has 1 saturated heterocycles. The van der Waals surface area contributed by atoms with Crippen LogP contribution in [0.2, 0.25) is 0 Å². The highest BCUT2D eigenvalue weighted by molar-refractivity contribution is 5.97. The number of carbonyl (C=O) groups excluding carboxylic acids is 1. The van der Waals surface area contributed by atoms with Crippen LogP contribution in [-0.4, -0.2) is 35.8 Å². The van der Waals surface area contributed by atoms with E-state index in [1.807, 2.05) is 19.9 Å². The highest BCUT2D eigenvalue weighted by Crippen LogP contribution is 2.35. The van der Waals surface area contributed by atoms with Crippen LogP contribution < -0.4 is 14.4 Å². The van der Waals surface area contributed by atoms with E-state index in [0.29, 0.717) is 46.6 Å². The van der Waals surface area contributed by atoms with E-state index in [0.717, 1.165) is 0 Å². The predicted octanol–water partition coefficient (Wildman–Crippen LogP) is 4.50. The third-order valence-corrected chi connectivity index (χ3v) is 5.23. The lowest BCUT2D eigenvalue weighted by Crippen LogP contribution is -2.25. The van der Waals surface area contributed by atoms with Crippen LogP contribution in [0.1, 0.15) is 37.6 Å². The van der Waals surface area contributed by atoms with Crippen LogP contribution in [-0.2, 0) is 4.79 Å². The van der Waals surface area contributed by atoms with E-state index in [-0.39, 0.29) is 30.2 Å². The minimum atomic E-state index is -0.340. The first kappa shape index (κ1) is 20.8. The van der Waals surface area contributed by atoms with Crippen LogP contribution in [0.5, 0.6) is 11.5 Å². The van der Waals surface area contributed by atoms with Crippen molar-refractivity contribution < 1.29 is 23.2 Å². The Morgan fingerprint density at radius 2 is 2.03 bits per heavy atom. The predicted molar refractivity (Wildman–Crippen MR) is 113 cm³/mol. The lowest BCUT2D eigenvalue weighted by molar-refractivity contribution is -0.117. The van der Waals surface area contributed by atoms with Gasteiger partial charge in [-0.25, -0.2) is 4.39 Å². The fraction of sp³-hybridized carbons (Fsp3) is 0.348. The lowest BCUT2D eigenvalue weighted by Gasteiger charge is -2.18. The molecule has 0 spiro atoms. The van der Waals surface area contributed by atoms with Gasteiger partial charge in [0.05, 0.1) is 19.1 Å². The molecule has 1 aromatic heterocycles. The van der Waals surface area contributed by atoms with Crippen LogP contribution in [0.3, 0.4) is 0 Å². The second kappa shape index (κ2) is 8.37. The summed E-state index contributed by atoms with van der Waals surface area (Å²) in [6, 6.07) is 10.1. The second-order valence-corrected chi connectivity index (χ2v) is 7.78. The Balaban J connectivity index is 1.56. The molecular formula is C23H24FN3O4. The number of ether oxygens (including phenoxy) is 2. The Bertz CT molecular complexity index is 1110. The van der Waals surface area contributed by atoms with Crippen molar-refractivity contribution in [2.45, 2.75) is 39.2 Å². The maximum absolute atomic E-state index is 13.9. The normalized spacial score (nSPS) is 16.3. The van der Waals surface area contributed by atoms with Crippen molar-refractivity contribution >= 4 is 11.6 Å². The zero-order valence-electron chi connectivity index (χ0n) is 17.9. The number of halogens is 1. The average molecular weight is 425 g/mol. The molecule has 8 heteroatoms. The summed E-state index contributed by atoms with van der Waals surface area (Å²) in [6.07, 6.45) is 0.239. The summed E-state index contributed by atoms with van der Waals surface area (Å²) >= 11 is 0. The summed E-state index contributed by atoms with van der Waals surface area (Å²) in [4.78, 5) is 18.7. The zero-order chi connectivity index (χ0) is 22.1. The van der Waals surface area contributed by atoms with Gasteiger partial charge in [-0.05, 0) is 51.1 Å². The Hall–Kier alpha value is -3.42. The van der Waals surface area contributed by atoms with Crippen molar-refractivity contribution in [2.75, 3.05) is 18.6 Å². The molecule has 3 aromatic rings. The molecule has 1 atom stereocenters. The number of amides is 1. The van der Waals surface area contributed by atoms with Crippen molar-refractivity contribution in [2.24, 2.45) is 0 Å². The average Bonchev–Trinajstić information content (AvgIpc) is 3.37. The molecule has 0 N–H and O–H groups in total. The van der Waals surface area contributed by atoms with Crippen LogP contribution in [0.15, 0.2) is 40.9 Å². The molecule has 1 fully saturated rings. The number of hydrogen-bond donors (Lipinski definition) is 0. The number of aromatic nitrogens is 2. The van der Waals surface area contributed by atoms with E-state index < -0.39 is 0 Å². The molecule has 0 aliphatic carbocycles. The Kier molecular flexibility index (Phi) is 5.63. The molecule has 0 bridgehead atoms. The van der Waals surface area contributed by atoms with Crippen molar-refractivity contribution in [3.05, 3.63) is 53.7 Å². The highest BCUT2D eigenvalue weighted by atomic mass is 19.1. The second-order valence-electron chi connectivity index (χ2n) is 7.78. The number of rotatable bonds is 6. The summed E-state index contributed by atoms with van der Waals surface area (Å²) in [5, 5.41) is 4.08. The fourth-order valence-electron chi connectivity index (χ4n) is 3.67. The molecule has 1 aliphatic rings. The van der Waals surface area contributed by atoms with Gasteiger partial charge >= 0.3 is 0 Å². The van der Waals surface area contributed by atoms with Crippen LogP contribution in [0, 0.1) is 12.7 Å². The van der Waals surface area contributed by atoms with Gasteiger partial charge in [-0.2, -0.15) is 4.98 Å². The molecule has 0 saturated carbocycles. The van der Waals surface area contributed by atoms with Gasteiger partial charge in [0.25, 0.3) is 0 Å². The summed E-state index contributed by atoms with van der Waals surface area (Å²) in [5.74, 6) is 1.28. The molecule has 31 heavy (non-hydrogen) atoms. The smallest absolute Gasteiger partial charge is 0.232 e. The highest BCUT2D eigenvalue weighted by Gasteiger charge is 2.36. The van der Waals surface area contributed by atoms with Gasteiger partial charge in [-0.1, -0.05) is 11.2 Å². The molecule has 162 valence electrons. The fourth-order valence-corrected chi connectivity index (χ4v) is 3.67. The third-order valence-electron chi connectivity index (χ3n) is 5.23. The van der Waals surface area contributed by atoms with E-state index in [1.54, 1.807) is 43.2 Å². The first-order valence-electron chi connectivity index (χ1n) is 10.1. The third kappa shape index (κ3) is 4.10. The van der Waals surface area contributed by atoms with Gasteiger partial charge in [0.2, 0.25) is 17.6 Å². The van der Waals surface area contributed by atoms with Crippen molar-refractivity contribution in [1.82, 2.24) is 10.1 Å². The topological polar surface area (TPSA) is 77.7 Å². The number of nitrogens with zero attached hydrogens (tertiary/aromatic N) is 3. The maximum Gasteiger partial charge on any atom is 0.232 e. The quantitative estimate of drug-likeness (QED) is 0.579. The maximum atomic E-state index is 13.9. The molecule has 1 amide bonds. The zero-order valence-corrected chi connectivity index (χ0v) is 17.9. The Morgan fingerprint density at radius 3 is 2.77 bits per heavy atom. The first-order valence-corrected chi connectivity index (χ1v) is 10.1. The van der Waals surface area contributed by atoms with Crippen molar-refractivity contribution in [3.8, 4) is 22.9 Å². The van der Waals surface area contributed by atoms with Gasteiger partial charge in [-0.3, -0.25) is 4.79 Å². The van der Waals surface area contributed by atoms with Crippen LogP contribution >= 0.6 is 0 Å². The van der Waals surface area contributed by atoms with Crippen LogP contribution in [0.4, 0.5) is 10.1 Å². The summed E-state index contributed by atoms with van der Waals surface area (Å²) < 4.78 is 30.6. The molecule has 7 nitrogen and oxygen atoms in total. The standard InChI is InChI=1S/C23H24FN3O4/c1-13(2)30-19-9-8-15(10-20(19)29-4)22-25-23(31-26-22)16-11-21(28)27(12-16)18-7-5-6-17(24)14(18)3/h5-10,13,16H,11-12H2,1-4H3. The minimum absolute atomic E-state index is 0.0149. The molecule has 2 aromatic carbocycles. The monoisotopic (exact) mass is 425 g/mol.